The molecule has 3 heteroatoms. The largest absolute Gasteiger partial charge is 0.372 e. The van der Waals surface area contributed by atoms with Crippen molar-refractivity contribution in [2.45, 2.75) is 33.2 Å². The molecule has 0 aliphatic carbocycles. The quantitative estimate of drug-likeness (QED) is 0.493. The van der Waals surface area contributed by atoms with E-state index in [-0.39, 0.29) is 0 Å². The Bertz CT molecular complexity index is 794. The average molecular weight is 439 g/mol. The van der Waals surface area contributed by atoms with E-state index in [0.29, 0.717) is 0 Å². The van der Waals surface area contributed by atoms with E-state index in [4.69, 9.17) is 0 Å². The van der Waals surface area contributed by atoms with E-state index in [1.54, 1.807) is 0 Å². The first-order valence-electron chi connectivity index (χ1n) is 10.3. The van der Waals surface area contributed by atoms with Crippen molar-refractivity contribution in [3.05, 3.63) is 83.4 Å². The number of hydrogen-bond acceptors (Lipinski definition) is 2. The maximum Gasteiger partial charge on any atom is 0.0366 e. The molecule has 0 N–H and O–H groups in total. The molecular formula is C25H31BrN2. The molecule has 0 atom stereocenters. The van der Waals surface area contributed by atoms with Crippen molar-refractivity contribution in [2.24, 2.45) is 0 Å². The first-order valence-corrected chi connectivity index (χ1v) is 11.1. The zero-order valence-electron chi connectivity index (χ0n) is 17.1. The van der Waals surface area contributed by atoms with Crippen molar-refractivity contribution in [1.29, 1.82) is 0 Å². The van der Waals surface area contributed by atoms with Gasteiger partial charge in [0.25, 0.3) is 0 Å². The van der Waals surface area contributed by atoms with Crippen molar-refractivity contribution >= 4 is 26.1 Å². The first-order chi connectivity index (χ1) is 13.6. The van der Waals surface area contributed by atoms with E-state index < -0.39 is 0 Å². The Morgan fingerprint density at radius 3 is 2.07 bits per heavy atom. The van der Waals surface area contributed by atoms with Gasteiger partial charge in [-0.3, -0.25) is 4.90 Å². The maximum atomic E-state index is 4.27. The van der Waals surface area contributed by atoms with Crippen LogP contribution in [0.1, 0.15) is 43.4 Å². The Morgan fingerprint density at radius 2 is 1.50 bits per heavy atom. The van der Waals surface area contributed by atoms with Crippen LogP contribution >= 0.6 is 15.9 Å². The van der Waals surface area contributed by atoms with Gasteiger partial charge in [0, 0.05) is 42.9 Å². The van der Waals surface area contributed by atoms with Crippen molar-refractivity contribution in [3.63, 3.8) is 0 Å². The summed E-state index contributed by atoms with van der Waals surface area (Å²) in [7, 11) is 0. The van der Waals surface area contributed by atoms with Gasteiger partial charge in [0.05, 0.1) is 0 Å². The number of piperidine rings is 1. The number of benzene rings is 2. The molecule has 0 unspecified atom stereocenters. The Balaban J connectivity index is 1.63. The molecule has 0 saturated carbocycles. The monoisotopic (exact) mass is 438 g/mol. The van der Waals surface area contributed by atoms with E-state index >= 15 is 0 Å². The van der Waals surface area contributed by atoms with Crippen molar-refractivity contribution in [1.82, 2.24) is 9.80 Å². The van der Waals surface area contributed by atoms with Crippen LogP contribution < -0.4 is 0 Å². The van der Waals surface area contributed by atoms with E-state index in [0.717, 1.165) is 51.3 Å². The summed E-state index contributed by atoms with van der Waals surface area (Å²) in [6.07, 6.45) is 2.25. The maximum absolute atomic E-state index is 4.27. The third-order valence-corrected chi connectivity index (χ3v) is 6.65. The summed E-state index contributed by atoms with van der Waals surface area (Å²) in [5, 5.41) is 0. The topological polar surface area (TPSA) is 6.48 Å². The molecule has 1 heterocycles. The molecule has 2 aromatic carbocycles. The lowest BCUT2D eigenvalue weighted by Crippen LogP contribution is -2.30. The fraction of sp³-hybridized carbons (Fsp3) is 0.360. The second-order valence-corrected chi connectivity index (χ2v) is 8.17. The molecule has 2 nitrogen and oxygen atoms in total. The number of rotatable bonds is 7. The van der Waals surface area contributed by atoms with Gasteiger partial charge in [-0.05, 0) is 43.4 Å². The van der Waals surface area contributed by atoms with Crippen LogP contribution in [0.5, 0.6) is 0 Å². The van der Waals surface area contributed by atoms with E-state index in [1.807, 2.05) is 0 Å². The summed E-state index contributed by atoms with van der Waals surface area (Å²) >= 11 is 3.88. The molecule has 1 aliphatic rings. The van der Waals surface area contributed by atoms with Gasteiger partial charge in [-0.2, -0.15) is 0 Å². The fourth-order valence-electron chi connectivity index (χ4n) is 3.84. The highest BCUT2D eigenvalue weighted by Crippen LogP contribution is 2.32. The van der Waals surface area contributed by atoms with Gasteiger partial charge >= 0.3 is 0 Å². The van der Waals surface area contributed by atoms with Gasteiger partial charge in [0.2, 0.25) is 0 Å². The van der Waals surface area contributed by atoms with E-state index in [9.17, 15) is 0 Å². The van der Waals surface area contributed by atoms with Crippen molar-refractivity contribution in [2.75, 3.05) is 26.2 Å². The number of halogens is 1. The number of hydrogen-bond donors (Lipinski definition) is 0. The predicted molar refractivity (Wildman–Crippen MR) is 125 cm³/mol. The molecule has 0 bridgehead atoms. The molecule has 1 aliphatic heterocycles. The normalized spacial score (nSPS) is 14.8. The molecule has 0 amide bonds. The van der Waals surface area contributed by atoms with Gasteiger partial charge in [0.1, 0.15) is 0 Å². The molecule has 3 rings (SSSR count). The highest BCUT2D eigenvalue weighted by molar-refractivity contribution is 9.15. The molecule has 148 valence electrons. The summed E-state index contributed by atoms with van der Waals surface area (Å²) < 4.78 is 1.27. The predicted octanol–water partition coefficient (Wildman–Crippen LogP) is 6.40. The van der Waals surface area contributed by atoms with Crippen LogP contribution in [0.25, 0.3) is 10.2 Å². The minimum absolute atomic E-state index is 0.990. The van der Waals surface area contributed by atoms with Crippen LogP contribution in [-0.2, 0) is 6.54 Å². The lowest BCUT2D eigenvalue weighted by atomic mass is 9.99. The molecule has 1 saturated heterocycles. The highest BCUT2D eigenvalue weighted by Gasteiger charge is 2.17. The standard InChI is InChI=1S/C25H31BrN2/c1-4-28(5-2)20(3)22-11-13-23(14-12-22)25(26)24-15-17-27(18-16-24)19-21-9-7-6-8-10-21/h6-14H,3-5,15-19H2,1-2H3. The summed E-state index contributed by atoms with van der Waals surface area (Å²) in [4.78, 5) is 4.85. The lowest BCUT2D eigenvalue weighted by Gasteiger charge is -2.29. The Kier molecular flexibility index (Phi) is 7.52. The summed E-state index contributed by atoms with van der Waals surface area (Å²) in [5.74, 6) is 0. The molecule has 0 radical (unpaired) electrons. The second kappa shape index (κ2) is 10.1. The van der Waals surface area contributed by atoms with Gasteiger partial charge in [-0.25, -0.2) is 0 Å². The number of likely N-dealkylation sites (tertiary alicyclic amines) is 1. The van der Waals surface area contributed by atoms with E-state index in [2.05, 4.69) is 101 Å². The Morgan fingerprint density at radius 1 is 0.929 bits per heavy atom. The molecule has 2 aromatic rings. The third-order valence-electron chi connectivity index (χ3n) is 5.64. The minimum atomic E-state index is 0.990. The Hall–Kier alpha value is -1.84. The summed E-state index contributed by atoms with van der Waals surface area (Å²) in [6, 6.07) is 19.6. The van der Waals surface area contributed by atoms with Crippen LogP contribution in [-0.4, -0.2) is 36.0 Å². The second-order valence-electron chi connectivity index (χ2n) is 7.38. The van der Waals surface area contributed by atoms with Crippen LogP contribution in [0.2, 0.25) is 0 Å². The van der Waals surface area contributed by atoms with Crippen molar-refractivity contribution in [3.8, 4) is 0 Å². The molecular weight excluding hydrogens is 408 g/mol. The zero-order chi connectivity index (χ0) is 19.9. The third kappa shape index (κ3) is 5.15. The minimum Gasteiger partial charge on any atom is -0.372 e. The highest BCUT2D eigenvalue weighted by atomic mass is 79.9. The summed E-state index contributed by atoms with van der Waals surface area (Å²) in [6.45, 7) is 13.9. The van der Waals surface area contributed by atoms with Crippen LogP contribution in [0.15, 0.2) is 66.7 Å². The van der Waals surface area contributed by atoms with Gasteiger partial charge in [-0.15, -0.1) is 0 Å². The molecule has 28 heavy (non-hydrogen) atoms. The lowest BCUT2D eigenvalue weighted by molar-refractivity contribution is 0.249. The smallest absolute Gasteiger partial charge is 0.0366 e. The fourth-order valence-corrected chi connectivity index (χ4v) is 4.50. The number of nitrogens with zero attached hydrogens (tertiary/aromatic N) is 2. The van der Waals surface area contributed by atoms with E-state index in [1.165, 1.54) is 26.7 Å². The van der Waals surface area contributed by atoms with Gasteiger partial charge in [0.15, 0.2) is 0 Å². The average Bonchev–Trinajstić information content (AvgIpc) is 2.75. The van der Waals surface area contributed by atoms with Crippen LogP contribution in [0, 0.1) is 0 Å². The molecule has 0 aromatic heterocycles. The van der Waals surface area contributed by atoms with Gasteiger partial charge in [-0.1, -0.05) is 82.7 Å². The first kappa shape index (κ1) is 20.9. The molecule has 1 fully saturated rings. The summed E-state index contributed by atoms with van der Waals surface area (Å²) in [5.41, 5.74) is 6.50. The zero-order valence-corrected chi connectivity index (χ0v) is 18.7. The molecule has 0 spiro atoms. The van der Waals surface area contributed by atoms with Crippen LogP contribution in [0.3, 0.4) is 0 Å². The van der Waals surface area contributed by atoms with Crippen LogP contribution in [0.4, 0.5) is 0 Å². The van der Waals surface area contributed by atoms with Gasteiger partial charge < -0.3 is 4.90 Å². The van der Waals surface area contributed by atoms with Crippen molar-refractivity contribution < 1.29 is 0 Å². The Labute approximate surface area is 178 Å². The SMILES string of the molecule is C=C(c1ccc(C(Br)=C2CCN(Cc3ccccc3)CC2)cc1)N(CC)CC.